The number of carbonyl (C=O) groups is 2. The molecule has 2 N–H and O–H groups in total. The Labute approximate surface area is 117 Å². The molecule has 0 bridgehead atoms. The highest BCUT2D eigenvalue weighted by atomic mass is 16.5. The molecule has 0 aromatic heterocycles. The molecule has 0 heterocycles. The Morgan fingerprint density at radius 2 is 2.00 bits per heavy atom. The summed E-state index contributed by atoms with van der Waals surface area (Å²) < 4.78 is 5.48. The highest BCUT2D eigenvalue weighted by Crippen LogP contribution is 2.34. The molecule has 108 valence electrons. The van der Waals surface area contributed by atoms with E-state index in [4.69, 9.17) is 9.84 Å². The van der Waals surface area contributed by atoms with E-state index in [9.17, 15) is 9.59 Å². The molecular formula is C15H19NO4. The molecule has 1 amide bonds. The lowest BCUT2D eigenvalue weighted by atomic mass is 9.73. The van der Waals surface area contributed by atoms with Crippen LogP contribution < -0.4 is 10.1 Å². The van der Waals surface area contributed by atoms with E-state index in [2.05, 4.69) is 5.32 Å². The van der Waals surface area contributed by atoms with E-state index in [1.165, 1.54) is 0 Å². The van der Waals surface area contributed by atoms with Crippen molar-refractivity contribution in [3.05, 3.63) is 29.8 Å². The Bertz CT molecular complexity index is 500. The summed E-state index contributed by atoms with van der Waals surface area (Å²) in [6.07, 6.45) is 1.23. The van der Waals surface area contributed by atoms with Crippen LogP contribution in [0.3, 0.4) is 0 Å². The standard InChI is InChI=1S/C15H19NO4/c1-2-20-13-6-4-3-5-10(13)9-16-14(17)11-7-8-12(11)15(18)19/h3-6,11-12H,2,7-9H2,1H3,(H,16,17)(H,18,19). The average Bonchev–Trinajstić information content (AvgIpc) is 2.36. The largest absolute Gasteiger partial charge is 0.494 e. The molecule has 1 saturated carbocycles. The second kappa shape index (κ2) is 6.41. The fraction of sp³-hybridized carbons (Fsp3) is 0.467. The van der Waals surface area contributed by atoms with Gasteiger partial charge in [0.1, 0.15) is 5.75 Å². The number of para-hydroxylation sites is 1. The maximum Gasteiger partial charge on any atom is 0.307 e. The molecule has 20 heavy (non-hydrogen) atoms. The van der Waals surface area contributed by atoms with Crippen molar-refractivity contribution in [1.29, 1.82) is 0 Å². The van der Waals surface area contributed by atoms with Crippen LogP contribution in [0, 0.1) is 11.8 Å². The Balaban J connectivity index is 1.92. The molecule has 0 saturated heterocycles. The van der Waals surface area contributed by atoms with Crippen LogP contribution in [0.1, 0.15) is 25.3 Å². The normalized spacial score (nSPS) is 20.9. The van der Waals surface area contributed by atoms with Crippen LogP contribution in [0.4, 0.5) is 0 Å². The fourth-order valence-electron chi connectivity index (χ4n) is 2.37. The minimum Gasteiger partial charge on any atom is -0.494 e. The third kappa shape index (κ3) is 3.10. The van der Waals surface area contributed by atoms with E-state index in [0.29, 0.717) is 26.0 Å². The number of hydrogen-bond acceptors (Lipinski definition) is 3. The van der Waals surface area contributed by atoms with E-state index in [1.807, 2.05) is 31.2 Å². The first-order valence-corrected chi connectivity index (χ1v) is 6.84. The number of amides is 1. The van der Waals surface area contributed by atoms with Gasteiger partial charge in [0.05, 0.1) is 18.4 Å². The zero-order valence-electron chi connectivity index (χ0n) is 11.5. The van der Waals surface area contributed by atoms with Crippen LogP contribution in [-0.2, 0) is 16.1 Å². The van der Waals surface area contributed by atoms with Crippen LogP contribution >= 0.6 is 0 Å². The molecule has 5 nitrogen and oxygen atoms in total. The number of ether oxygens (including phenoxy) is 1. The van der Waals surface area contributed by atoms with Crippen LogP contribution in [-0.4, -0.2) is 23.6 Å². The maximum atomic E-state index is 12.0. The minimum atomic E-state index is -0.883. The molecule has 0 radical (unpaired) electrons. The van der Waals surface area contributed by atoms with Gasteiger partial charge in [0.15, 0.2) is 0 Å². The molecule has 0 aliphatic heterocycles. The monoisotopic (exact) mass is 277 g/mol. The lowest BCUT2D eigenvalue weighted by molar-refractivity contribution is -0.152. The van der Waals surface area contributed by atoms with Crippen molar-refractivity contribution in [2.24, 2.45) is 11.8 Å². The zero-order valence-corrected chi connectivity index (χ0v) is 11.5. The molecular weight excluding hydrogens is 258 g/mol. The Morgan fingerprint density at radius 3 is 2.60 bits per heavy atom. The zero-order chi connectivity index (χ0) is 14.5. The van der Waals surface area contributed by atoms with Crippen LogP contribution in [0.15, 0.2) is 24.3 Å². The second-order valence-corrected chi connectivity index (χ2v) is 4.89. The van der Waals surface area contributed by atoms with Gasteiger partial charge in [-0.25, -0.2) is 0 Å². The Kier molecular flexibility index (Phi) is 4.61. The van der Waals surface area contributed by atoms with E-state index in [0.717, 1.165) is 11.3 Å². The van der Waals surface area contributed by atoms with Crippen molar-refractivity contribution in [3.63, 3.8) is 0 Å². The highest BCUT2D eigenvalue weighted by molar-refractivity contribution is 5.86. The lowest BCUT2D eigenvalue weighted by Gasteiger charge is -2.32. The maximum absolute atomic E-state index is 12.0. The number of hydrogen-bond donors (Lipinski definition) is 2. The SMILES string of the molecule is CCOc1ccccc1CNC(=O)C1CCC1C(=O)O. The van der Waals surface area contributed by atoms with Crippen molar-refractivity contribution in [2.75, 3.05) is 6.61 Å². The summed E-state index contributed by atoms with van der Waals surface area (Å²) in [4.78, 5) is 22.9. The third-order valence-electron chi connectivity index (χ3n) is 3.65. The predicted octanol–water partition coefficient (Wildman–Crippen LogP) is 1.81. The number of carboxylic acids is 1. The summed E-state index contributed by atoms with van der Waals surface area (Å²) in [5, 5.41) is 11.8. The smallest absolute Gasteiger partial charge is 0.307 e. The quantitative estimate of drug-likeness (QED) is 0.831. The molecule has 1 aliphatic rings. The van der Waals surface area contributed by atoms with Gasteiger partial charge < -0.3 is 15.2 Å². The fourth-order valence-corrected chi connectivity index (χ4v) is 2.37. The minimum absolute atomic E-state index is 0.185. The summed E-state index contributed by atoms with van der Waals surface area (Å²) >= 11 is 0. The van der Waals surface area contributed by atoms with Gasteiger partial charge in [-0.05, 0) is 25.8 Å². The van der Waals surface area contributed by atoms with Crippen molar-refractivity contribution >= 4 is 11.9 Å². The van der Waals surface area contributed by atoms with Gasteiger partial charge in [0.2, 0.25) is 5.91 Å². The van der Waals surface area contributed by atoms with Crippen LogP contribution in [0.2, 0.25) is 0 Å². The molecule has 5 heteroatoms. The van der Waals surface area contributed by atoms with Gasteiger partial charge in [-0.15, -0.1) is 0 Å². The van der Waals surface area contributed by atoms with Gasteiger partial charge in [-0.3, -0.25) is 9.59 Å². The second-order valence-electron chi connectivity index (χ2n) is 4.89. The van der Waals surface area contributed by atoms with Gasteiger partial charge in [0.25, 0.3) is 0 Å². The van der Waals surface area contributed by atoms with Gasteiger partial charge in [0, 0.05) is 12.1 Å². The topological polar surface area (TPSA) is 75.6 Å². The number of benzene rings is 1. The van der Waals surface area contributed by atoms with Crippen LogP contribution in [0.5, 0.6) is 5.75 Å². The van der Waals surface area contributed by atoms with Crippen molar-refractivity contribution in [2.45, 2.75) is 26.3 Å². The van der Waals surface area contributed by atoms with Crippen LogP contribution in [0.25, 0.3) is 0 Å². The van der Waals surface area contributed by atoms with Gasteiger partial charge in [-0.1, -0.05) is 18.2 Å². The van der Waals surface area contributed by atoms with Crippen molar-refractivity contribution < 1.29 is 19.4 Å². The molecule has 2 rings (SSSR count). The number of rotatable bonds is 6. The predicted molar refractivity (Wildman–Crippen MR) is 73.3 cm³/mol. The molecule has 2 unspecified atom stereocenters. The highest BCUT2D eigenvalue weighted by Gasteiger charge is 2.41. The number of aliphatic carboxylic acids is 1. The first-order chi connectivity index (χ1) is 9.63. The summed E-state index contributed by atoms with van der Waals surface area (Å²) in [6.45, 7) is 2.83. The summed E-state index contributed by atoms with van der Waals surface area (Å²) in [7, 11) is 0. The molecule has 1 aromatic carbocycles. The summed E-state index contributed by atoms with van der Waals surface area (Å²) in [5.41, 5.74) is 0.897. The summed E-state index contributed by atoms with van der Waals surface area (Å²) in [5.74, 6) is -1.25. The number of carboxylic acid groups (broad SMARTS) is 1. The first kappa shape index (κ1) is 14.4. The Morgan fingerprint density at radius 1 is 1.30 bits per heavy atom. The number of carbonyl (C=O) groups excluding carboxylic acids is 1. The summed E-state index contributed by atoms with van der Waals surface area (Å²) in [6, 6.07) is 7.51. The van der Waals surface area contributed by atoms with Gasteiger partial charge in [-0.2, -0.15) is 0 Å². The van der Waals surface area contributed by atoms with Crippen molar-refractivity contribution in [3.8, 4) is 5.75 Å². The molecule has 2 atom stereocenters. The van der Waals surface area contributed by atoms with Crippen molar-refractivity contribution in [1.82, 2.24) is 5.32 Å². The van der Waals surface area contributed by atoms with E-state index in [1.54, 1.807) is 0 Å². The first-order valence-electron chi connectivity index (χ1n) is 6.84. The van der Waals surface area contributed by atoms with Gasteiger partial charge >= 0.3 is 5.97 Å². The molecule has 1 fully saturated rings. The van der Waals surface area contributed by atoms with E-state index in [-0.39, 0.29) is 5.91 Å². The molecule has 1 aliphatic carbocycles. The lowest BCUT2D eigenvalue weighted by Crippen LogP contribution is -2.43. The average molecular weight is 277 g/mol. The van der Waals surface area contributed by atoms with E-state index >= 15 is 0 Å². The number of nitrogens with one attached hydrogen (secondary N) is 1. The molecule has 1 aromatic rings. The molecule has 0 spiro atoms. The Hall–Kier alpha value is -2.04. The third-order valence-corrected chi connectivity index (χ3v) is 3.65. The van der Waals surface area contributed by atoms with E-state index < -0.39 is 17.8 Å².